The van der Waals surface area contributed by atoms with Crippen molar-refractivity contribution < 1.29 is 4.74 Å². The summed E-state index contributed by atoms with van der Waals surface area (Å²) in [5.74, 6) is 1.59. The summed E-state index contributed by atoms with van der Waals surface area (Å²) in [6, 6.07) is 14.6. The van der Waals surface area contributed by atoms with Crippen LogP contribution in [0.25, 0.3) is 0 Å². The molecule has 5 nitrogen and oxygen atoms in total. The van der Waals surface area contributed by atoms with Gasteiger partial charge in [-0.25, -0.2) is 0 Å². The topological polar surface area (TPSA) is 49.8 Å². The van der Waals surface area contributed by atoms with E-state index in [1.54, 1.807) is 0 Å². The average Bonchev–Trinajstić information content (AvgIpc) is 3.18. The Labute approximate surface area is 192 Å². The molecule has 0 amide bonds. The van der Waals surface area contributed by atoms with Crippen LogP contribution in [0.3, 0.4) is 0 Å². The van der Waals surface area contributed by atoms with Gasteiger partial charge in [0.25, 0.3) is 0 Å². The molecular formula is C23H33IN4O. The van der Waals surface area contributed by atoms with Crippen molar-refractivity contribution in [2.45, 2.75) is 33.3 Å². The monoisotopic (exact) mass is 508 g/mol. The predicted octanol–water partition coefficient (Wildman–Crippen LogP) is 4.05. The van der Waals surface area contributed by atoms with Crippen LogP contribution in [0, 0.1) is 12.8 Å². The number of halogens is 1. The van der Waals surface area contributed by atoms with Gasteiger partial charge >= 0.3 is 0 Å². The number of nitrogens with zero attached hydrogens (tertiary/aromatic N) is 3. The fourth-order valence-corrected chi connectivity index (χ4v) is 3.44. The van der Waals surface area contributed by atoms with Crippen molar-refractivity contribution >= 4 is 29.9 Å². The molecule has 1 aromatic carbocycles. The van der Waals surface area contributed by atoms with E-state index >= 15 is 0 Å². The number of hydrogen-bond acceptors (Lipinski definition) is 3. The molecule has 2 heterocycles. The molecule has 0 aliphatic carbocycles. The maximum Gasteiger partial charge on any atom is 0.193 e. The fourth-order valence-electron chi connectivity index (χ4n) is 3.44. The number of guanidine groups is 1. The molecule has 0 spiro atoms. The van der Waals surface area contributed by atoms with Gasteiger partial charge in [-0.1, -0.05) is 36.4 Å². The van der Waals surface area contributed by atoms with Crippen molar-refractivity contribution in [2.75, 3.05) is 32.8 Å². The molecule has 2 aromatic rings. The van der Waals surface area contributed by atoms with Gasteiger partial charge in [-0.05, 0) is 43.9 Å². The van der Waals surface area contributed by atoms with Crippen LogP contribution in [0.15, 0.2) is 53.7 Å². The Kier molecular flexibility index (Phi) is 10.4. The standard InChI is InChI=1S/C23H32N4O.HI/c1-3-24-23(25-13-11-20-10-9-19(2)26-15-20)27-14-12-22(16-27)18-28-17-21-7-5-4-6-8-21;/h4-10,15,22H,3,11-14,16-18H2,1-2H3,(H,24,25);1H. The number of nitrogens with one attached hydrogen (secondary N) is 1. The maximum absolute atomic E-state index is 5.95. The Morgan fingerprint density at radius 2 is 2.03 bits per heavy atom. The van der Waals surface area contributed by atoms with E-state index in [1.807, 2.05) is 19.2 Å². The lowest BCUT2D eigenvalue weighted by Crippen LogP contribution is -2.40. The molecule has 1 unspecified atom stereocenters. The largest absolute Gasteiger partial charge is 0.376 e. The molecule has 1 fully saturated rings. The number of ether oxygens (including phenoxy) is 1. The summed E-state index contributed by atoms with van der Waals surface area (Å²) in [5, 5.41) is 3.44. The Morgan fingerprint density at radius 3 is 2.76 bits per heavy atom. The first-order valence-corrected chi connectivity index (χ1v) is 10.3. The smallest absolute Gasteiger partial charge is 0.193 e. The minimum absolute atomic E-state index is 0. The summed E-state index contributed by atoms with van der Waals surface area (Å²) in [7, 11) is 0. The SMILES string of the molecule is CCNC(=NCCc1ccc(C)nc1)N1CCC(COCc2ccccc2)C1.I. The molecule has 1 aliphatic rings. The van der Waals surface area contributed by atoms with Gasteiger partial charge in [0, 0.05) is 44.0 Å². The quantitative estimate of drug-likeness (QED) is 0.332. The lowest BCUT2D eigenvalue weighted by molar-refractivity contribution is 0.0907. The number of rotatable bonds is 8. The first-order valence-electron chi connectivity index (χ1n) is 10.3. The van der Waals surface area contributed by atoms with E-state index in [2.05, 4.69) is 58.5 Å². The molecule has 158 valence electrons. The molecule has 29 heavy (non-hydrogen) atoms. The van der Waals surface area contributed by atoms with Gasteiger partial charge < -0.3 is 15.0 Å². The van der Waals surface area contributed by atoms with E-state index in [9.17, 15) is 0 Å². The van der Waals surface area contributed by atoms with Gasteiger partial charge in [-0.2, -0.15) is 0 Å². The fraction of sp³-hybridized carbons (Fsp3) is 0.478. The molecular weight excluding hydrogens is 475 g/mol. The van der Waals surface area contributed by atoms with Crippen LogP contribution in [-0.4, -0.2) is 48.6 Å². The summed E-state index contributed by atoms with van der Waals surface area (Å²) in [6.07, 6.45) is 4.02. The van der Waals surface area contributed by atoms with E-state index in [0.29, 0.717) is 12.5 Å². The highest BCUT2D eigenvalue weighted by Gasteiger charge is 2.24. The first kappa shape index (κ1) is 23.6. The summed E-state index contributed by atoms with van der Waals surface area (Å²) < 4.78 is 5.95. The van der Waals surface area contributed by atoms with Crippen LogP contribution in [0.2, 0.25) is 0 Å². The van der Waals surface area contributed by atoms with Crippen molar-refractivity contribution in [3.8, 4) is 0 Å². The van der Waals surface area contributed by atoms with E-state index in [4.69, 9.17) is 9.73 Å². The Balaban J connectivity index is 0.00000300. The number of likely N-dealkylation sites (tertiary alicyclic amines) is 1. The molecule has 0 bridgehead atoms. The van der Waals surface area contributed by atoms with Crippen LogP contribution < -0.4 is 5.32 Å². The van der Waals surface area contributed by atoms with Crippen molar-refractivity contribution in [1.82, 2.24) is 15.2 Å². The van der Waals surface area contributed by atoms with Crippen molar-refractivity contribution in [1.29, 1.82) is 0 Å². The highest BCUT2D eigenvalue weighted by atomic mass is 127. The number of aromatic nitrogens is 1. The van der Waals surface area contributed by atoms with Gasteiger partial charge in [0.2, 0.25) is 0 Å². The number of pyridine rings is 1. The minimum atomic E-state index is 0. The summed E-state index contributed by atoms with van der Waals surface area (Å²) in [5.41, 5.74) is 3.52. The Bertz CT molecular complexity index is 736. The average molecular weight is 508 g/mol. The van der Waals surface area contributed by atoms with Gasteiger partial charge in [-0.15, -0.1) is 24.0 Å². The molecule has 1 aliphatic heterocycles. The maximum atomic E-state index is 5.95. The molecule has 6 heteroatoms. The minimum Gasteiger partial charge on any atom is -0.376 e. The van der Waals surface area contributed by atoms with Gasteiger partial charge in [-0.3, -0.25) is 9.98 Å². The zero-order valence-electron chi connectivity index (χ0n) is 17.5. The summed E-state index contributed by atoms with van der Waals surface area (Å²) in [6.45, 7) is 9.34. The van der Waals surface area contributed by atoms with Crippen LogP contribution in [0.4, 0.5) is 0 Å². The van der Waals surface area contributed by atoms with Gasteiger partial charge in [0.1, 0.15) is 0 Å². The second kappa shape index (κ2) is 12.8. The highest BCUT2D eigenvalue weighted by molar-refractivity contribution is 14.0. The third-order valence-corrected chi connectivity index (χ3v) is 5.02. The number of aryl methyl sites for hydroxylation is 1. The predicted molar refractivity (Wildman–Crippen MR) is 130 cm³/mol. The Hall–Kier alpha value is -1.67. The summed E-state index contributed by atoms with van der Waals surface area (Å²) >= 11 is 0. The van der Waals surface area contributed by atoms with E-state index in [1.165, 1.54) is 11.1 Å². The molecule has 1 N–H and O–H groups in total. The van der Waals surface area contributed by atoms with Gasteiger partial charge in [0.15, 0.2) is 5.96 Å². The molecule has 1 atom stereocenters. The lowest BCUT2D eigenvalue weighted by atomic mass is 10.1. The number of benzene rings is 1. The van der Waals surface area contributed by atoms with E-state index in [-0.39, 0.29) is 24.0 Å². The zero-order chi connectivity index (χ0) is 19.6. The lowest BCUT2D eigenvalue weighted by Gasteiger charge is -2.21. The molecule has 1 saturated heterocycles. The van der Waals surface area contributed by atoms with Gasteiger partial charge in [0.05, 0.1) is 13.2 Å². The van der Waals surface area contributed by atoms with E-state index in [0.717, 1.165) is 57.3 Å². The normalized spacial score (nSPS) is 16.6. The zero-order valence-corrected chi connectivity index (χ0v) is 19.8. The van der Waals surface area contributed by atoms with Crippen LogP contribution in [-0.2, 0) is 17.8 Å². The molecule has 0 saturated carbocycles. The van der Waals surface area contributed by atoms with Crippen molar-refractivity contribution in [2.24, 2.45) is 10.9 Å². The highest BCUT2D eigenvalue weighted by Crippen LogP contribution is 2.17. The van der Waals surface area contributed by atoms with Crippen molar-refractivity contribution in [3.05, 3.63) is 65.5 Å². The van der Waals surface area contributed by atoms with Crippen LogP contribution in [0.5, 0.6) is 0 Å². The third kappa shape index (κ3) is 7.93. The first-order chi connectivity index (χ1) is 13.7. The Morgan fingerprint density at radius 1 is 1.21 bits per heavy atom. The molecule has 0 radical (unpaired) electrons. The van der Waals surface area contributed by atoms with Crippen LogP contribution >= 0.6 is 24.0 Å². The van der Waals surface area contributed by atoms with E-state index < -0.39 is 0 Å². The number of aliphatic imine (C=N–C) groups is 1. The second-order valence-electron chi connectivity index (χ2n) is 7.39. The molecule has 3 rings (SSSR count). The number of hydrogen-bond donors (Lipinski definition) is 1. The summed E-state index contributed by atoms with van der Waals surface area (Å²) in [4.78, 5) is 11.6. The van der Waals surface area contributed by atoms with Crippen molar-refractivity contribution in [3.63, 3.8) is 0 Å². The third-order valence-electron chi connectivity index (χ3n) is 5.02. The second-order valence-corrected chi connectivity index (χ2v) is 7.39. The van der Waals surface area contributed by atoms with Crippen LogP contribution in [0.1, 0.15) is 30.2 Å². The molecule has 1 aromatic heterocycles.